The van der Waals surface area contributed by atoms with Crippen LogP contribution in [-0.2, 0) is 22.5 Å². The first-order valence-electron chi connectivity index (χ1n) is 10.3. The Morgan fingerprint density at radius 1 is 0.938 bits per heavy atom. The molecule has 1 aromatic heterocycles. The Morgan fingerprint density at radius 2 is 1.75 bits per heavy atom. The molecule has 0 radical (unpaired) electrons. The molecule has 3 aromatic rings. The fourth-order valence-electron chi connectivity index (χ4n) is 3.68. The number of anilines is 1. The highest BCUT2D eigenvalue weighted by Crippen LogP contribution is 2.35. The summed E-state index contributed by atoms with van der Waals surface area (Å²) in [7, 11) is 0. The van der Waals surface area contributed by atoms with E-state index in [0.717, 1.165) is 22.6 Å². The molecule has 0 fully saturated rings. The van der Waals surface area contributed by atoms with Crippen LogP contribution in [0.15, 0.2) is 53.9 Å². The fraction of sp³-hybridized carbons (Fsp3) is 0.250. The number of nitrogens with zero attached hydrogens (tertiary/aromatic N) is 1. The van der Waals surface area contributed by atoms with Gasteiger partial charge in [0.25, 0.3) is 5.91 Å². The van der Waals surface area contributed by atoms with E-state index >= 15 is 0 Å². The van der Waals surface area contributed by atoms with Gasteiger partial charge in [0.2, 0.25) is 0 Å². The van der Waals surface area contributed by atoms with E-state index in [1.54, 1.807) is 52.6 Å². The first-order valence-corrected chi connectivity index (χ1v) is 11.2. The van der Waals surface area contributed by atoms with Gasteiger partial charge in [-0.05, 0) is 47.3 Å². The van der Waals surface area contributed by atoms with Crippen molar-refractivity contribution in [2.24, 2.45) is 0 Å². The largest absolute Gasteiger partial charge is 0.493 e. The van der Waals surface area contributed by atoms with Crippen molar-refractivity contribution in [1.29, 1.82) is 0 Å². The zero-order valence-corrected chi connectivity index (χ0v) is 18.1. The van der Waals surface area contributed by atoms with Crippen LogP contribution in [0, 0.1) is 0 Å². The number of fused-ring (bicyclic) bond motifs is 2. The van der Waals surface area contributed by atoms with E-state index in [-0.39, 0.29) is 12.5 Å². The molecule has 164 valence electrons. The third-order valence-electron chi connectivity index (χ3n) is 5.28. The molecule has 1 amide bonds. The number of amides is 1. The maximum atomic E-state index is 13.1. The number of rotatable bonds is 6. The monoisotopic (exact) mass is 451 g/mol. The van der Waals surface area contributed by atoms with Crippen molar-refractivity contribution in [2.45, 2.75) is 13.0 Å². The van der Waals surface area contributed by atoms with E-state index in [1.807, 2.05) is 17.5 Å². The molecule has 2 aliphatic heterocycles. The van der Waals surface area contributed by atoms with Crippen molar-refractivity contribution in [2.75, 3.05) is 31.3 Å². The number of hydrogen-bond acceptors (Lipinski definition) is 7. The lowest BCUT2D eigenvalue weighted by Crippen LogP contribution is -2.34. The predicted octanol–water partition coefficient (Wildman–Crippen LogP) is 3.84. The minimum atomic E-state index is -0.536. The van der Waals surface area contributed by atoms with Crippen molar-refractivity contribution in [1.82, 2.24) is 0 Å². The number of benzene rings is 2. The molecule has 7 nitrogen and oxygen atoms in total. The standard InChI is InChI=1S/C24H21NO6S/c26-23(15-31-24(27)17-3-5-20-16(12-17)7-8-28-20)25(14-19-2-1-11-32-19)18-4-6-21-22(13-18)30-10-9-29-21/h1-6,11-13H,7-10,14-15H2. The maximum absolute atomic E-state index is 13.1. The van der Waals surface area contributed by atoms with Gasteiger partial charge in [-0.3, -0.25) is 4.79 Å². The molecule has 2 aliphatic rings. The average Bonchev–Trinajstić information content (AvgIpc) is 3.52. The molecule has 32 heavy (non-hydrogen) atoms. The minimum Gasteiger partial charge on any atom is -0.493 e. The van der Waals surface area contributed by atoms with E-state index in [0.29, 0.717) is 49.1 Å². The fourth-order valence-corrected chi connectivity index (χ4v) is 4.38. The Hall–Kier alpha value is -3.52. The Labute approximate surface area is 189 Å². The summed E-state index contributed by atoms with van der Waals surface area (Å²) in [4.78, 5) is 28.3. The Kier molecular flexibility index (Phi) is 5.68. The Morgan fingerprint density at radius 3 is 2.59 bits per heavy atom. The second-order valence-corrected chi connectivity index (χ2v) is 8.42. The third-order valence-corrected chi connectivity index (χ3v) is 6.15. The van der Waals surface area contributed by atoms with Gasteiger partial charge in [-0.2, -0.15) is 0 Å². The van der Waals surface area contributed by atoms with Crippen LogP contribution in [0.2, 0.25) is 0 Å². The van der Waals surface area contributed by atoms with Crippen molar-refractivity contribution in [3.63, 3.8) is 0 Å². The Balaban J connectivity index is 1.32. The number of ether oxygens (including phenoxy) is 4. The van der Waals surface area contributed by atoms with Gasteiger partial charge >= 0.3 is 5.97 Å². The van der Waals surface area contributed by atoms with E-state index in [4.69, 9.17) is 18.9 Å². The Bertz CT molecular complexity index is 1140. The van der Waals surface area contributed by atoms with Gasteiger partial charge < -0.3 is 23.8 Å². The average molecular weight is 452 g/mol. The highest BCUT2D eigenvalue weighted by atomic mass is 32.1. The van der Waals surface area contributed by atoms with Crippen molar-refractivity contribution in [3.8, 4) is 17.2 Å². The zero-order valence-electron chi connectivity index (χ0n) is 17.2. The third kappa shape index (κ3) is 4.27. The molecule has 0 aliphatic carbocycles. The van der Waals surface area contributed by atoms with Crippen LogP contribution < -0.4 is 19.1 Å². The normalized spacial score (nSPS) is 13.8. The molecule has 0 unspecified atom stereocenters. The number of carbonyl (C=O) groups excluding carboxylic acids is 2. The summed E-state index contributed by atoms with van der Waals surface area (Å²) in [5, 5.41) is 1.96. The van der Waals surface area contributed by atoms with Crippen LogP contribution in [-0.4, -0.2) is 38.3 Å². The SMILES string of the molecule is O=C(OCC(=O)N(Cc1cccs1)c1ccc2c(c1)OCCO2)c1ccc2c(c1)CCO2. The van der Waals surface area contributed by atoms with E-state index in [1.165, 1.54) is 0 Å². The van der Waals surface area contributed by atoms with Gasteiger partial charge in [0.05, 0.1) is 18.7 Å². The van der Waals surface area contributed by atoms with Crippen LogP contribution in [0.25, 0.3) is 0 Å². The van der Waals surface area contributed by atoms with Gasteiger partial charge in [-0.15, -0.1) is 11.3 Å². The number of hydrogen-bond donors (Lipinski definition) is 0. The van der Waals surface area contributed by atoms with E-state index in [2.05, 4.69) is 0 Å². The van der Waals surface area contributed by atoms with Crippen LogP contribution in [0.4, 0.5) is 5.69 Å². The van der Waals surface area contributed by atoms with Gasteiger partial charge in [-0.25, -0.2) is 4.79 Å². The summed E-state index contributed by atoms with van der Waals surface area (Å²) in [6.45, 7) is 1.56. The molecule has 0 saturated carbocycles. The lowest BCUT2D eigenvalue weighted by molar-refractivity contribution is -0.121. The lowest BCUT2D eigenvalue weighted by Gasteiger charge is -2.25. The molecule has 0 bridgehead atoms. The second-order valence-electron chi connectivity index (χ2n) is 7.38. The summed E-state index contributed by atoms with van der Waals surface area (Å²) in [6.07, 6.45) is 0.758. The maximum Gasteiger partial charge on any atom is 0.338 e. The molecule has 0 N–H and O–H groups in total. The number of carbonyl (C=O) groups is 2. The number of thiophene rings is 1. The smallest absolute Gasteiger partial charge is 0.338 e. The van der Waals surface area contributed by atoms with E-state index < -0.39 is 5.97 Å². The first-order chi connectivity index (χ1) is 15.7. The van der Waals surface area contributed by atoms with Gasteiger partial charge in [0.1, 0.15) is 19.0 Å². The van der Waals surface area contributed by atoms with Crippen LogP contribution in [0.3, 0.4) is 0 Å². The minimum absolute atomic E-state index is 0.326. The summed E-state index contributed by atoms with van der Waals surface area (Å²) < 4.78 is 22.1. The van der Waals surface area contributed by atoms with Gasteiger partial charge in [0.15, 0.2) is 18.1 Å². The number of esters is 1. The van der Waals surface area contributed by atoms with Crippen molar-refractivity contribution < 1.29 is 28.5 Å². The molecule has 2 aromatic carbocycles. The summed E-state index contributed by atoms with van der Waals surface area (Å²) >= 11 is 1.56. The molecule has 0 spiro atoms. The van der Waals surface area contributed by atoms with Crippen LogP contribution in [0.1, 0.15) is 20.8 Å². The van der Waals surface area contributed by atoms with Crippen LogP contribution in [0.5, 0.6) is 17.2 Å². The topological polar surface area (TPSA) is 74.3 Å². The zero-order chi connectivity index (χ0) is 21.9. The quantitative estimate of drug-likeness (QED) is 0.530. The van der Waals surface area contributed by atoms with Gasteiger partial charge in [0, 0.05) is 23.1 Å². The second kappa shape index (κ2) is 8.92. The van der Waals surface area contributed by atoms with Crippen LogP contribution >= 0.6 is 11.3 Å². The van der Waals surface area contributed by atoms with Crippen molar-refractivity contribution in [3.05, 3.63) is 69.9 Å². The summed E-state index contributed by atoms with van der Waals surface area (Å²) in [5.74, 6) is 1.17. The molecule has 3 heterocycles. The molecule has 8 heteroatoms. The predicted molar refractivity (Wildman–Crippen MR) is 119 cm³/mol. The first kappa shape index (κ1) is 20.4. The van der Waals surface area contributed by atoms with Gasteiger partial charge in [-0.1, -0.05) is 6.07 Å². The highest BCUT2D eigenvalue weighted by molar-refractivity contribution is 7.09. The summed E-state index contributed by atoms with van der Waals surface area (Å²) in [6, 6.07) is 14.5. The van der Waals surface area contributed by atoms with E-state index in [9.17, 15) is 9.59 Å². The molecule has 5 rings (SSSR count). The lowest BCUT2D eigenvalue weighted by atomic mass is 10.1. The summed E-state index contributed by atoms with van der Waals surface area (Å²) in [5.41, 5.74) is 2.03. The highest BCUT2D eigenvalue weighted by Gasteiger charge is 2.22. The molecular formula is C24H21NO6S. The molecular weight excluding hydrogens is 430 g/mol. The van der Waals surface area contributed by atoms with Crippen molar-refractivity contribution >= 4 is 28.9 Å². The molecule has 0 saturated heterocycles. The molecule has 0 atom stereocenters.